The molecule has 34 nitrogen and oxygen atoms in total. The zero-order valence-electron chi connectivity index (χ0n) is 58.6. The lowest BCUT2D eigenvalue weighted by Crippen LogP contribution is -2.64. The predicted octanol–water partition coefficient (Wildman–Crippen LogP) is -2.09. The van der Waals surface area contributed by atoms with Crippen LogP contribution in [0.5, 0.6) is 11.5 Å². The van der Waals surface area contributed by atoms with Crippen LogP contribution in [-0.4, -0.2) is 293 Å². The van der Waals surface area contributed by atoms with Gasteiger partial charge in [0.15, 0.2) is 11.5 Å². The first kappa shape index (κ1) is 79.1. The van der Waals surface area contributed by atoms with Crippen molar-refractivity contribution in [2.75, 3.05) is 81.9 Å². The minimum atomic E-state index is -5.23. The summed E-state index contributed by atoms with van der Waals surface area (Å²) in [5, 5.41) is 123. The van der Waals surface area contributed by atoms with E-state index in [9.17, 15) is 82.9 Å². The summed E-state index contributed by atoms with van der Waals surface area (Å²) in [6, 6.07) is -1.07. The molecule has 13 atom stereocenters. The summed E-state index contributed by atoms with van der Waals surface area (Å²) in [7, 11) is -5.23. The number of nitrogens with one attached hydrogen (secondary N) is 5. The second-order valence-corrected chi connectivity index (χ2v) is 30.6. The largest absolute Gasteiger partial charge is 0.504 e. The SMILES string of the molecule is C[C@@H](O)[C@@H]1NC(=O)[C@H](C)N(CC2(C)CCN(c3nnc(-c4ccc(-c5cnc(N6CCC(OC7CCCCC7)CC6)nc5)cc4)s3)CC2)[C@@H](O)CNC(=O)[C@@H]2[C@@H](O)[C@@H](C)CN2C(=O)[C@H]([C@H](O)CCNC(CO)CO)NC(=O)[C@H]([C@H](O)Cc2ccc(O)c(OS(=O)(=O)O)c2)NC(=O)[C@@H]2C[C@@H](O)CN2C1=O. The number of amides is 6. The van der Waals surface area contributed by atoms with Gasteiger partial charge in [0, 0.05) is 88.1 Å². The van der Waals surface area contributed by atoms with Gasteiger partial charge in [-0.15, -0.1) is 10.2 Å². The minimum Gasteiger partial charge on any atom is -0.504 e. The average molecular weight is 1500 g/mol. The zero-order chi connectivity index (χ0) is 74.9. The molecule has 0 bridgehead atoms. The summed E-state index contributed by atoms with van der Waals surface area (Å²) < 4.78 is 43.6. The Morgan fingerprint density at radius 3 is 2.02 bits per heavy atom. The molecular formula is C68H98N14O20S2. The second kappa shape index (κ2) is 34.9. The molecule has 36 heteroatoms. The number of β-amino-alcohol motifs (C(OH)–C–C–N with tert-alkyl or cyclic N) is 1. The molecule has 7 heterocycles. The number of carbonyl (C=O) groups excluding carboxylic acids is 6. The van der Waals surface area contributed by atoms with E-state index in [4.69, 9.17) is 14.7 Å². The van der Waals surface area contributed by atoms with Crippen molar-refractivity contribution in [2.45, 2.75) is 196 Å². The highest BCUT2D eigenvalue weighted by Gasteiger charge is 2.50. The molecule has 6 amide bonds. The monoisotopic (exact) mass is 1490 g/mol. The molecule has 1 aliphatic carbocycles. The number of ether oxygens (including phenoxy) is 1. The third kappa shape index (κ3) is 19.6. The van der Waals surface area contributed by atoms with Crippen molar-refractivity contribution in [2.24, 2.45) is 11.3 Å². The minimum absolute atomic E-state index is 0.0191. The van der Waals surface area contributed by atoms with E-state index < -0.39 is 193 Å². The van der Waals surface area contributed by atoms with Crippen molar-refractivity contribution in [1.82, 2.24) is 61.4 Å². The number of aliphatic hydroxyl groups excluding tert-OH is 8. The number of aliphatic hydroxyl groups is 8. The van der Waals surface area contributed by atoms with Crippen molar-refractivity contribution in [3.8, 4) is 33.2 Å². The molecule has 2 aromatic carbocycles. The lowest BCUT2D eigenvalue weighted by Gasteiger charge is -2.44. The van der Waals surface area contributed by atoms with E-state index in [1.54, 1.807) is 0 Å². The first-order valence-corrected chi connectivity index (χ1v) is 37.7. The van der Waals surface area contributed by atoms with Crippen LogP contribution < -0.4 is 40.6 Å². The van der Waals surface area contributed by atoms with Gasteiger partial charge in [0.1, 0.15) is 41.4 Å². The number of phenols is 1. The number of fused-ring (bicyclic) bond motifs is 2. The molecule has 572 valence electrons. The van der Waals surface area contributed by atoms with Crippen LogP contribution in [0, 0.1) is 11.3 Å². The number of hydrogen-bond acceptors (Lipinski definition) is 28. The molecule has 5 saturated heterocycles. The van der Waals surface area contributed by atoms with Gasteiger partial charge >= 0.3 is 10.4 Å². The predicted molar refractivity (Wildman–Crippen MR) is 375 cm³/mol. The van der Waals surface area contributed by atoms with Crippen LogP contribution in [0.25, 0.3) is 21.7 Å². The molecule has 5 aliphatic heterocycles. The third-order valence-corrected chi connectivity index (χ3v) is 22.2. The number of nitrogens with zero attached hydrogens (tertiary/aromatic N) is 9. The van der Waals surface area contributed by atoms with Crippen molar-refractivity contribution < 1.29 is 96.6 Å². The number of carbonyl (C=O) groups is 6. The summed E-state index contributed by atoms with van der Waals surface area (Å²) in [6.45, 7) is 5.77. The molecule has 6 fully saturated rings. The maximum atomic E-state index is 15.2. The van der Waals surface area contributed by atoms with E-state index >= 15 is 4.79 Å². The van der Waals surface area contributed by atoms with Crippen LogP contribution >= 0.6 is 11.3 Å². The Balaban J connectivity index is 0.872. The lowest BCUT2D eigenvalue weighted by atomic mass is 9.79. The molecule has 0 radical (unpaired) electrons. The van der Waals surface area contributed by atoms with E-state index in [0.29, 0.717) is 48.1 Å². The van der Waals surface area contributed by atoms with Crippen molar-refractivity contribution in [3.63, 3.8) is 0 Å². The van der Waals surface area contributed by atoms with Crippen LogP contribution in [0.3, 0.4) is 0 Å². The zero-order valence-corrected chi connectivity index (χ0v) is 60.2. The molecule has 1 saturated carbocycles. The molecule has 0 unspecified atom stereocenters. The Morgan fingerprint density at radius 1 is 0.731 bits per heavy atom. The van der Waals surface area contributed by atoms with Gasteiger partial charge in [0.2, 0.25) is 46.5 Å². The fourth-order valence-corrected chi connectivity index (χ4v) is 15.8. The average Bonchev–Trinajstić information content (AvgIpc) is 1.61. The fraction of sp³-hybridized carbons (Fsp3) is 0.647. The van der Waals surface area contributed by atoms with Gasteiger partial charge in [0.25, 0.3) is 0 Å². The third-order valence-electron chi connectivity index (χ3n) is 20.8. The fourth-order valence-electron chi connectivity index (χ4n) is 14.5. The number of piperidine rings is 2. The topological polar surface area (TPSA) is 485 Å². The van der Waals surface area contributed by atoms with E-state index in [-0.39, 0.29) is 31.3 Å². The van der Waals surface area contributed by atoms with Gasteiger partial charge in [-0.05, 0) is 94.0 Å². The Morgan fingerprint density at radius 2 is 1.37 bits per heavy atom. The Kier molecular flexibility index (Phi) is 26.5. The summed E-state index contributed by atoms with van der Waals surface area (Å²) in [4.78, 5) is 106. The Hall–Kier alpha value is -7.43. The molecule has 15 N–H and O–H groups in total. The van der Waals surface area contributed by atoms with Gasteiger partial charge < -0.3 is 101 Å². The number of aromatic hydroxyl groups is 1. The number of phenolic OH excluding ortho intramolecular Hbond substituents is 1. The first-order chi connectivity index (χ1) is 49.5. The van der Waals surface area contributed by atoms with Crippen LogP contribution in [0.4, 0.5) is 11.1 Å². The number of hydrogen-bond donors (Lipinski definition) is 15. The molecule has 6 aliphatic rings. The number of aromatic nitrogens is 4. The van der Waals surface area contributed by atoms with Crippen molar-refractivity contribution in [3.05, 3.63) is 60.4 Å². The maximum absolute atomic E-state index is 15.2. The first-order valence-electron chi connectivity index (χ1n) is 35.5. The highest BCUT2D eigenvalue weighted by atomic mass is 32.3. The summed E-state index contributed by atoms with van der Waals surface area (Å²) in [5.41, 5.74) is 1.87. The van der Waals surface area contributed by atoms with Crippen molar-refractivity contribution >= 4 is 68.3 Å². The summed E-state index contributed by atoms with van der Waals surface area (Å²) in [6.07, 6.45) is 1.09. The molecule has 0 spiro atoms. The highest BCUT2D eigenvalue weighted by molar-refractivity contribution is 7.81. The van der Waals surface area contributed by atoms with E-state index in [1.165, 1.54) is 56.3 Å². The second-order valence-electron chi connectivity index (χ2n) is 28.6. The van der Waals surface area contributed by atoms with Gasteiger partial charge in [-0.3, -0.25) is 38.2 Å². The number of benzene rings is 2. The standard InChI is InChI=1S/C68H98N14O20S2/c1-37-32-81-57(58(37)91)62(95)70-31-53(90)82(36-68(4)19-24-79(25-20-68)67-77-76-63(103-67)42-13-11-41(12-14-42)43-29-71-66(72-30-43)78-22-17-47(18-23-78)101-46-8-6-5-7-9-46)38(2)59(92)73-54(39(3)85)64(96)80-33-45(86)28-48(80)60(93)74-55(51(89)26-40-10-15-49(87)52(27-40)102-104(98,99)100)61(94)75-56(65(81)97)50(88)16-21-69-44(34-83)35-84/h10-15,27,29-30,37-39,44-48,50-51,53-58,69,83-91H,5-9,16-26,28,31-36H2,1-4H3,(H,70,95)(H,73,92)(H,74,93)(H,75,94)(H,98,99,100)/t37-,38-,39+,45+,48-,50+,51+,53-,54-,55-,56-,57-,58-/m0/s1. The van der Waals surface area contributed by atoms with Gasteiger partial charge in [0.05, 0.1) is 74.6 Å². The van der Waals surface area contributed by atoms with E-state index in [2.05, 4.69) is 50.8 Å². The smallest absolute Gasteiger partial charge is 0.446 e. The van der Waals surface area contributed by atoms with Gasteiger partial charge in [-0.1, -0.05) is 74.8 Å². The summed E-state index contributed by atoms with van der Waals surface area (Å²) >= 11 is 1.41. The molecule has 104 heavy (non-hydrogen) atoms. The number of anilines is 2. The van der Waals surface area contributed by atoms with Crippen LogP contribution in [0.15, 0.2) is 54.9 Å². The molecule has 2 aromatic heterocycles. The number of rotatable bonds is 21. The molecule has 4 aromatic rings. The van der Waals surface area contributed by atoms with Crippen LogP contribution in [-0.2, 0) is 50.3 Å². The van der Waals surface area contributed by atoms with Gasteiger partial charge in [-0.2, -0.15) is 8.42 Å². The molecular weight excluding hydrogens is 1400 g/mol. The summed E-state index contributed by atoms with van der Waals surface area (Å²) in [5.74, 6) is -8.58. The van der Waals surface area contributed by atoms with Crippen molar-refractivity contribution in [1.29, 1.82) is 0 Å². The van der Waals surface area contributed by atoms with Crippen LogP contribution in [0.1, 0.15) is 104 Å². The van der Waals surface area contributed by atoms with E-state index in [1.807, 2.05) is 43.6 Å². The van der Waals surface area contributed by atoms with Gasteiger partial charge in [-0.25, -0.2) is 9.97 Å². The maximum Gasteiger partial charge on any atom is 0.446 e. The highest BCUT2D eigenvalue weighted by Crippen LogP contribution is 2.39. The Bertz CT molecular complexity index is 3710. The normalized spacial score (nSPS) is 27.3. The molecule has 10 rings (SSSR count). The van der Waals surface area contributed by atoms with E-state index in [0.717, 1.165) is 83.5 Å². The van der Waals surface area contributed by atoms with Crippen LogP contribution in [0.2, 0.25) is 0 Å². The lowest BCUT2D eigenvalue weighted by molar-refractivity contribution is -0.147. The quantitative estimate of drug-likeness (QED) is 0.0398. The Labute approximate surface area is 606 Å².